The maximum atomic E-state index is 12.8. The lowest BCUT2D eigenvalue weighted by Crippen LogP contribution is -2.23. The molecule has 2 amide bonds. The lowest BCUT2D eigenvalue weighted by atomic mass is 10.0. The van der Waals surface area contributed by atoms with E-state index in [0.717, 1.165) is 38.8 Å². The lowest BCUT2D eigenvalue weighted by Gasteiger charge is -2.11. The van der Waals surface area contributed by atoms with Crippen molar-refractivity contribution in [2.24, 2.45) is 4.99 Å². The highest BCUT2D eigenvalue weighted by molar-refractivity contribution is 7.27. The second kappa shape index (κ2) is 8.48. The molecule has 7 heteroatoms. The van der Waals surface area contributed by atoms with E-state index in [-0.39, 0.29) is 17.4 Å². The number of carbonyl (C=O) groups is 2. The number of nitrogens with zero attached hydrogens (tertiary/aromatic N) is 3. The molecule has 1 aromatic heterocycles. The van der Waals surface area contributed by atoms with Gasteiger partial charge >= 0.3 is 5.91 Å². The van der Waals surface area contributed by atoms with Crippen LogP contribution >= 0.6 is 9.24 Å². The first-order chi connectivity index (χ1) is 14.8. The molecule has 0 saturated heterocycles. The Bertz CT molecular complexity index is 1230. The van der Waals surface area contributed by atoms with Crippen LogP contribution in [0, 0.1) is 20.8 Å². The van der Waals surface area contributed by atoms with Gasteiger partial charge in [-0.25, -0.2) is 15.0 Å². The van der Waals surface area contributed by atoms with Crippen LogP contribution < -0.4 is 10.6 Å². The Kier molecular flexibility index (Phi) is 5.75. The highest BCUT2D eigenvalue weighted by atomic mass is 31.0. The van der Waals surface area contributed by atoms with E-state index < -0.39 is 5.91 Å². The van der Waals surface area contributed by atoms with Gasteiger partial charge in [-0.1, -0.05) is 42.0 Å². The molecule has 3 aromatic rings. The second-order valence-corrected chi connectivity index (χ2v) is 8.45. The first-order valence-corrected chi connectivity index (χ1v) is 10.6. The lowest BCUT2D eigenvalue weighted by molar-refractivity contribution is -0.110. The maximum absolute atomic E-state index is 12.8. The molecule has 0 saturated carbocycles. The molecule has 0 aliphatic carbocycles. The topological polar surface area (TPSA) is 84.3 Å². The summed E-state index contributed by atoms with van der Waals surface area (Å²) in [5, 5.41) is 3.97. The van der Waals surface area contributed by atoms with E-state index in [4.69, 9.17) is 0 Å². The number of hydrogen-bond donors (Lipinski definition) is 1. The quantitative estimate of drug-likeness (QED) is 0.628. The second-order valence-electron chi connectivity index (χ2n) is 7.78. The van der Waals surface area contributed by atoms with E-state index in [1.165, 1.54) is 0 Å². The number of carbonyl (C=O) groups excluding carboxylic acids is 2. The van der Waals surface area contributed by atoms with E-state index in [1.807, 2.05) is 51.1 Å². The van der Waals surface area contributed by atoms with E-state index in [0.29, 0.717) is 18.5 Å². The first-order valence-electron chi connectivity index (χ1n) is 10.0. The van der Waals surface area contributed by atoms with Crippen molar-refractivity contribution in [3.05, 3.63) is 70.7 Å². The third-order valence-electron chi connectivity index (χ3n) is 5.28. The monoisotopic (exact) mass is 430 g/mol. The molecule has 0 spiro atoms. The van der Waals surface area contributed by atoms with Gasteiger partial charge in [0.1, 0.15) is 5.71 Å². The van der Waals surface area contributed by atoms with Gasteiger partial charge in [0.25, 0.3) is 5.91 Å². The molecule has 2 heterocycles. The molecule has 6 nitrogen and oxygen atoms in total. The number of nitrogens with one attached hydrogen (secondary N) is 1. The fourth-order valence-corrected chi connectivity index (χ4v) is 3.93. The van der Waals surface area contributed by atoms with Crippen LogP contribution in [-0.2, 0) is 11.2 Å². The minimum absolute atomic E-state index is 0.0235. The number of amides is 2. The minimum atomic E-state index is -0.618. The molecule has 1 aliphatic heterocycles. The summed E-state index contributed by atoms with van der Waals surface area (Å²) in [4.78, 5) is 38.2. The van der Waals surface area contributed by atoms with Gasteiger partial charge in [0.2, 0.25) is 5.82 Å². The molecule has 2 aromatic carbocycles. The number of aryl methyl sites for hydroxylation is 4. The zero-order chi connectivity index (χ0) is 22.1. The number of rotatable bonds is 2. The largest absolute Gasteiger partial charge is 0.320 e. The van der Waals surface area contributed by atoms with Gasteiger partial charge in [-0.3, -0.25) is 9.59 Å². The Labute approximate surface area is 183 Å². The molecular weight excluding hydrogens is 407 g/mol. The summed E-state index contributed by atoms with van der Waals surface area (Å²) in [7, 11) is 2.64. The van der Waals surface area contributed by atoms with Crippen molar-refractivity contribution in [2.75, 3.05) is 5.32 Å². The molecule has 156 valence electrons. The van der Waals surface area contributed by atoms with Crippen LogP contribution in [0.5, 0.6) is 0 Å². The van der Waals surface area contributed by atoms with Crippen molar-refractivity contribution in [3.63, 3.8) is 0 Å². The molecule has 4 rings (SSSR count). The number of benzene rings is 2. The summed E-state index contributed by atoms with van der Waals surface area (Å²) in [6, 6.07) is 11.9. The fourth-order valence-electron chi connectivity index (χ4n) is 3.74. The summed E-state index contributed by atoms with van der Waals surface area (Å²) in [6.07, 6.45) is 2.62. The van der Waals surface area contributed by atoms with Gasteiger partial charge in [0, 0.05) is 17.4 Å². The normalized spacial score (nSPS) is 14.7. The third-order valence-corrected chi connectivity index (χ3v) is 5.66. The highest BCUT2D eigenvalue weighted by Crippen LogP contribution is 2.27. The van der Waals surface area contributed by atoms with Crippen LogP contribution in [0.2, 0.25) is 0 Å². The predicted octanol–water partition coefficient (Wildman–Crippen LogP) is 3.74. The van der Waals surface area contributed by atoms with Crippen molar-refractivity contribution in [3.8, 4) is 11.3 Å². The van der Waals surface area contributed by atoms with Crippen LogP contribution in [0.15, 0.2) is 47.6 Å². The molecule has 1 aliphatic rings. The zero-order valence-corrected chi connectivity index (χ0v) is 18.8. The Hall–Kier alpha value is -3.24. The van der Waals surface area contributed by atoms with E-state index in [2.05, 4.69) is 35.6 Å². The predicted molar refractivity (Wildman–Crippen MR) is 126 cm³/mol. The van der Waals surface area contributed by atoms with Crippen LogP contribution in [0.25, 0.3) is 11.3 Å². The van der Waals surface area contributed by atoms with Crippen molar-refractivity contribution >= 4 is 37.8 Å². The molecule has 0 fully saturated rings. The van der Waals surface area contributed by atoms with Gasteiger partial charge in [-0.05, 0) is 55.6 Å². The van der Waals surface area contributed by atoms with Crippen molar-refractivity contribution in [1.29, 1.82) is 0 Å². The van der Waals surface area contributed by atoms with Gasteiger partial charge in [-0.15, -0.1) is 9.24 Å². The molecule has 0 bridgehead atoms. The molecule has 31 heavy (non-hydrogen) atoms. The number of aromatic nitrogens is 2. The average molecular weight is 430 g/mol. The van der Waals surface area contributed by atoms with Crippen molar-refractivity contribution < 1.29 is 9.59 Å². The van der Waals surface area contributed by atoms with Gasteiger partial charge in [0.15, 0.2) is 0 Å². The smallest absolute Gasteiger partial charge is 0.315 e. The minimum Gasteiger partial charge on any atom is -0.320 e. The standard InChI is InChI=1S/C24H23N4O2P/c1-13-10-14(2)20-17(11-13)6-9-19(23(29)28-20)26-24(30)22-25-12-15(3)21(27-22)16-4-7-18(31)8-5-16/h4-5,7-8,10-12H,6,9,31H2,1-3H3,(H,28,29). The van der Waals surface area contributed by atoms with E-state index in [1.54, 1.807) is 6.20 Å². The Morgan fingerprint density at radius 1 is 1.06 bits per heavy atom. The SMILES string of the molecule is Cc1cc(C)c2c(c1)CCC(=NC(=O)c1ncc(C)c(-c3ccc(P)cc3)n1)C(=O)N2. The Morgan fingerprint density at radius 2 is 1.81 bits per heavy atom. The van der Waals surface area contributed by atoms with E-state index >= 15 is 0 Å². The number of aliphatic imine (C=N–C) groups is 1. The molecular formula is C24H23N4O2P. The van der Waals surface area contributed by atoms with Crippen molar-refractivity contribution in [1.82, 2.24) is 9.97 Å². The summed E-state index contributed by atoms with van der Waals surface area (Å²) >= 11 is 0. The zero-order valence-electron chi connectivity index (χ0n) is 17.7. The summed E-state index contributed by atoms with van der Waals surface area (Å²) < 4.78 is 0. The van der Waals surface area contributed by atoms with Crippen LogP contribution in [0.1, 0.15) is 39.3 Å². The Morgan fingerprint density at radius 3 is 2.55 bits per heavy atom. The van der Waals surface area contributed by atoms with Gasteiger partial charge in [0.05, 0.1) is 5.69 Å². The molecule has 1 unspecified atom stereocenters. The van der Waals surface area contributed by atoms with Crippen LogP contribution in [0.4, 0.5) is 5.69 Å². The third kappa shape index (κ3) is 4.44. The maximum Gasteiger partial charge on any atom is 0.315 e. The van der Waals surface area contributed by atoms with Crippen LogP contribution in [0.3, 0.4) is 0 Å². The average Bonchev–Trinajstić information content (AvgIpc) is 2.88. The Balaban J connectivity index is 1.63. The van der Waals surface area contributed by atoms with Crippen LogP contribution in [-0.4, -0.2) is 27.5 Å². The van der Waals surface area contributed by atoms with Gasteiger partial charge < -0.3 is 5.32 Å². The number of anilines is 1. The van der Waals surface area contributed by atoms with E-state index in [9.17, 15) is 9.59 Å². The summed E-state index contributed by atoms with van der Waals surface area (Å²) in [5.41, 5.74) is 6.60. The van der Waals surface area contributed by atoms with Gasteiger partial charge in [-0.2, -0.15) is 0 Å². The number of fused-ring (bicyclic) bond motifs is 1. The fraction of sp³-hybridized carbons (Fsp3) is 0.208. The summed E-state index contributed by atoms with van der Waals surface area (Å²) in [5.74, 6) is -1.00. The first kappa shape index (κ1) is 21.0. The molecule has 1 N–H and O–H groups in total. The molecule has 1 atom stereocenters. The summed E-state index contributed by atoms with van der Waals surface area (Å²) in [6.45, 7) is 5.88. The molecule has 0 radical (unpaired) electrons. The highest BCUT2D eigenvalue weighted by Gasteiger charge is 2.23. The van der Waals surface area contributed by atoms with Crippen molar-refractivity contribution in [2.45, 2.75) is 33.6 Å². The number of hydrogen-bond acceptors (Lipinski definition) is 4.